The molecule has 1 aliphatic heterocycles. The minimum atomic E-state index is 0.124. The minimum absolute atomic E-state index is 0.124. The van der Waals surface area contributed by atoms with Crippen molar-refractivity contribution in [3.05, 3.63) is 42.2 Å². The molecule has 0 saturated carbocycles. The molecule has 1 saturated heterocycles. The molecule has 30 heavy (non-hydrogen) atoms. The number of pyridine rings is 1. The summed E-state index contributed by atoms with van der Waals surface area (Å²) >= 11 is 0. The van der Waals surface area contributed by atoms with Crippen LogP contribution in [-0.4, -0.2) is 65.5 Å². The summed E-state index contributed by atoms with van der Waals surface area (Å²) in [5, 5.41) is 0. The normalized spacial score (nSPS) is 14.8. The number of imidazole rings is 1. The van der Waals surface area contributed by atoms with E-state index in [1.165, 1.54) is 0 Å². The Morgan fingerprint density at radius 3 is 2.53 bits per heavy atom. The molecule has 0 aliphatic carbocycles. The number of piperazine rings is 1. The maximum absolute atomic E-state index is 11.7. The van der Waals surface area contributed by atoms with Crippen LogP contribution >= 0.6 is 0 Å². The number of methoxy groups -OCH3 is 2. The molecule has 0 atom stereocenters. The van der Waals surface area contributed by atoms with Crippen molar-refractivity contribution in [3.8, 4) is 22.8 Å². The summed E-state index contributed by atoms with van der Waals surface area (Å²) in [4.78, 5) is 20.8. The van der Waals surface area contributed by atoms with Crippen LogP contribution in [0.25, 0.3) is 16.9 Å². The van der Waals surface area contributed by atoms with Crippen LogP contribution in [0, 0.1) is 0 Å². The number of nitrogens with zero attached hydrogens (tertiary/aromatic N) is 4. The zero-order valence-electron chi connectivity index (χ0n) is 17.6. The second kappa shape index (κ2) is 8.23. The van der Waals surface area contributed by atoms with E-state index < -0.39 is 0 Å². The molecule has 1 aliphatic rings. The fraction of sp³-hybridized carbons (Fsp3) is 0.364. The Bertz CT molecular complexity index is 1070. The minimum Gasteiger partial charge on any atom is -0.497 e. The Labute approximate surface area is 175 Å². The highest BCUT2D eigenvalue weighted by Crippen LogP contribution is 2.36. The van der Waals surface area contributed by atoms with Gasteiger partial charge in [-0.2, -0.15) is 0 Å². The van der Waals surface area contributed by atoms with Crippen molar-refractivity contribution in [2.75, 3.05) is 46.1 Å². The number of rotatable bonds is 5. The highest BCUT2D eigenvalue weighted by atomic mass is 16.5. The van der Waals surface area contributed by atoms with Crippen LogP contribution in [0.1, 0.15) is 12.6 Å². The van der Waals surface area contributed by atoms with Gasteiger partial charge in [0.15, 0.2) is 0 Å². The van der Waals surface area contributed by atoms with E-state index >= 15 is 0 Å². The standard InChI is InChI=1S/C22H27N5O3/c1-15(28)26-10-8-25(9-11-26)14-19-22(24-21-7-4-16(23)13-27(19)21)18-12-17(29-2)5-6-20(18)30-3/h4-7,12-13H,8-11,14,23H2,1-3H3. The lowest BCUT2D eigenvalue weighted by atomic mass is 10.1. The lowest BCUT2D eigenvalue weighted by Gasteiger charge is -2.34. The summed E-state index contributed by atoms with van der Waals surface area (Å²) in [7, 11) is 3.30. The van der Waals surface area contributed by atoms with E-state index in [1.807, 2.05) is 45.8 Å². The molecule has 3 aromatic rings. The Hall–Kier alpha value is -3.26. The second-order valence-electron chi connectivity index (χ2n) is 7.45. The zero-order valence-corrected chi connectivity index (χ0v) is 17.6. The number of amides is 1. The number of aromatic nitrogens is 2. The van der Waals surface area contributed by atoms with Gasteiger partial charge in [0.1, 0.15) is 17.1 Å². The first kappa shape index (κ1) is 20.0. The Balaban J connectivity index is 1.77. The summed E-state index contributed by atoms with van der Waals surface area (Å²) in [6, 6.07) is 9.48. The predicted molar refractivity (Wildman–Crippen MR) is 116 cm³/mol. The van der Waals surface area contributed by atoms with Gasteiger partial charge in [-0.3, -0.25) is 9.69 Å². The molecule has 3 heterocycles. The van der Waals surface area contributed by atoms with Crippen molar-refractivity contribution in [3.63, 3.8) is 0 Å². The quantitative estimate of drug-likeness (QED) is 0.696. The third kappa shape index (κ3) is 3.78. The van der Waals surface area contributed by atoms with E-state index in [-0.39, 0.29) is 5.91 Å². The molecule has 0 radical (unpaired) electrons. The van der Waals surface area contributed by atoms with Gasteiger partial charge in [0.25, 0.3) is 0 Å². The van der Waals surface area contributed by atoms with E-state index in [0.717, 1.165) is 60.3 Å². The molecule has 8 nitrogen and oxygen atoms in total. The smallest absolute Gasteiger partial charge is 0.219 e. The van der Waals surface area contributed by atoms with E-state index in [4.69, 9.17) is 20.2 Å². The second-order valence-corrected chi connectivity index (χ2v) is 7.45. The summed E-state index contributed by atoms with van der Waals surface area (Å²) in [6.07, 6.45) is 1.90. The van der Waals surface area contributed by atoms with Gasteiger partial charge in [-0.1, -0.05) is 0 Å². The van der Waals surface area contributed by atoms with Gasteiger partial charge in [0, 0.05) is 57.1 Å². The van der Waals surface area contributed by atoms with E-state index in [1.54, 1.807) is 21.1 Å². The topological polar surface area (TPSA) is 85.3 Å². The Morgan fingerprint density at radius 1 is 1.10 bits per heavy atom. The van der Waals surface area contributed by atoms with Crippen molar-refractivity contribution < 1.29 is 14.3 Å². The molecule has 4 rings (SSSR count). The third-order valence-corrected chi connectivity index (χ3v) is 5.59. The van der Waals surface area contributed by atoms with Gasteiger partial charge in [-0.25, -0.2) is 4.98 Å². The third-order valence-electron chi connectivity index (χ3n) is 5.59. The van der Waals surface area contributed by atoms with Crippen LogP contribution in [0.3, 0.4) is 0 Å². The van der Waals surface area contributed by atoms with Crippen molar-refractivity contribution in [1.29, 1.82) is 0 Å². The number of nitrogen functional groups attached to an aromatic ring is 1. The highest BCUT2D eigenvalue weighted by Gasteiger charge is 2.24. The lowest BCUT2D eigenvalue weighted by Crippen LogP contribution is -2.47. The van der Waals surface area contributed by atoms with Crippen molar-refractivity contribution in [2.45, 2.75) is 13.5 Å². The Morgan fingerprint density at radius 2 is 1.87 bits per heavy atom. The van der Waals surface area contributed by atoms with Gasteiger partial charge >= 0.3 is 0 Å². The van der Waals surface area contributed by atoms with Gasteiger partial charge in [-0.05, 0) is 30.3 Å². The molecular formula is C22H27N5O3. The molecular weight excluding hydrogens is 382 g/mol. The maximum atomic E-state index is 11.7. The first-order valence-electron chi connectivity index (χ1n) is 9.97. The number of nitrogens with two attached hydrogens (primary N) is 1. The van der Waals surface area contributed by atoms with Crippen LogP contribution in [0.4, 0.5) is 5.69 Å². The van der Waals surface area contributed by atoms with Gasteiger partial charge in [0.2, 0.25) is 5.91 Å². The summed E-state index contributed by atoms with van der Waals surface area (Å²) in [5.41, 5.74) is 10.3. The number of hydrogen-bond donors (Lipinski definition) is 1. The SMILES string of the molecule is COc1ccc(OC)c(-c2nc3ccc(N)cn3c2CN2CCN(C(C)=O)CC2)c1. The number of anilines is 1. The average Bonchev–Trinajstić information content (AvgIpc) is 3.11. The fourth-order valence-electron chi connectivity index (χ4n) is 3.91. The predicted octanol–water partition coefficient (Wildman–Crippen LogP) is 2.26. The van der Waals surface area contributed by atoms with Crippen molar-refractivity contribution in [1.82, 2.24) is 19.2 Å². The number of fused-ring (bicyclic) bond motifs is 1. The summed E-state index contributed by atoms with van der Waals surface area (Å²) in [6.45, 7) is 5.38. The number of benzene rings is 1. The molecule has 0 spiro atoms. The molecule has 0 unspecified atom stereocenters. The number of carbonyl (C=O) groups is 1. The monoisotopic (exact) mass is 409 g/mol. The van der Waals surface area contributed by atoms with Crippen LogP contribution in [-0.2, 0) is 11.3 Å². The highest BCUT2D eigenvalue weighted by molar-refractivity contribution is 5.74. The molecule has 2 aromatic heterocycles. The largest absolute Gasteiger partial charge is 0.497 e. The molecule has 8 heteroatoms. The number of ether oxygens (including phenoxy) is 2. The van der Waals surface area contributed by atoms with Gasteiger partial charge < -0.3 is 24.5 Å². The molecule has 1 fully saturated rings. The van der Waals surface area contributed by atoms with E-state index in [0.29, 0.717) is 12.2 Å². The van der Waals surface area contributed by atoms with Gasteiger partial charge in [-0.15, -0.1) is 0 Å². The molecule has 0 bridgehead atoms. The summed E-state index contributed by atoms with van der Waals surface area (Å²) < 4.78 is 13.1. The van der Waals surface area contributed by atoms with E-state index in [2.05, 4.69) is 4.90 Å². The maximum Gasteiger partial charge on any atom is 0.219 e. The summed E-state index contributed by atoms with van der Waals surface area (Å²) in [5.74, 6) is 1.59. The molecule has 2 N–H and O–H groups in total. The molecule has 1 amide bonds. The van der Waals surface area contributed by atoms with Gasteiger partial charge in [0.05, 0.1) is 25.6 Å². The average molecular weight is 409 g/mol. The number of carbonyl (C=O) groups excluding carboxylic acids is 1. The van der Waals surface area contributed by atoms with Crippen LogP contribution in [0.5, 0.6) is 11.5 Å². The van der Waals surface area contributed by atoms with Crippen molar-refractivity contribution in [2.24, 2.45) is 0 Å². The first-order chi connectivity index (χ1) is 14.5. The lowest BCUT2D eigenvalue weighted by molar-refractivity contribution is -0.130. The van der Waals surface area contributed by atoms with Crippen LogP contribution < -0.4 is 15.2 Å². The Kier molecular flexibility index (Phi) is 5.50. The van der Waals surface area contributed by atoms with Crippen molar-refractivity contribution >= 4 is 17.2 Å². The van der Waals surface area contributed by atoms with Crippen LogP contribution in [0.2, 0.25) is 0 Å². The molecule has 1 aromatic carbocycles. The molecule has 158 valence electrons. The van der Waals surface area contributed by atoms with Crippen LogP contribution in [0.15, 0.2) is 36.5 Å². The first-order valence-corrected chi connectivity index (χ1v) is 9.97. The number of hydrogen-bond acceptors (Lipinski definition) is 6. The fourth-order valence-corrected chi connectivity index (χ4v) is 3.91. The van der Waals surface area contributed by atoms with E-state index in [9.17, 15) is 4.79 Å². The zero-order chi connectivity index (χ0) is 21.3.